The van der Waals surface area contributed by atoms with Crippen LogP contribution in [0.1, 0.15) is 30.1 Å². The molecule has 20 heavy (non-hydrogen) atoms. The van der Waals surface area contributed by atoms with Gasteiger partial charge in [0, 0.05) is 12.6 Å². The Morgan fingerprint density at radius 2 is 2.35 bits per heavy atom. The van der Waals surface area contributed by atoms with Crippen molar-refractivity contribution in [1.82, 2.24) is 10.2 Å². The van der Waals surface area contributed by atoms with Crippen LogP contribution in [0.3, 0.4) is 0 Å². The van der Waals surface area contributed by atoms with Crippen LogP contribution in [0.2, 0.25) is 0 Å². The van der Waals surface area contributed by atoms with Crippen LogP contribution in [0.4, 0.5) is 10.1 Å². The maximum Gasteiger partial charge on any atom is 0.253 e. The minimum absolute atomic E-state index is 0.0353. The zero-order chi connectivity index (χ0) is 14.5. The molecule has 0 aromatic heterocycles. The molecule has 1 unspecified atom stereocenters. The fraction of sp³-hybridized carbons (Fsp3) is 0.500. The van der Waals surface area contributed by atoms with Gasteiger partial charge in [0.25, 0.3) is 5.91 Å². The van der Waals surface area contributed by atoms with E-state index < -0.39 is 5.82 Å². The van der Waals surface area contributed by atoms with Gasteiger partial charge >= 0.3 is 0 Å². The largest absolute Gasteiger partial charge is 0.348 e. The van der Waals surface area contributed by atoms with E-state index >= 15 is 0 Å². The first-order valence-electron chi connectivity index (χ1n) is 6.94. The third-order valence-electron chi connectivity index (χ3n) is 3.69. The maximum atomic E-state index is 13.6. The lowest BCUT2D eigenvalue weighted by Gasteiger charge is -2.32. The molecular formula is C14H21FN4O. The van der Waals surface area contributed by atoms with Crippen molar-refractivity contribution in [2.45, 2.75) is 25.8 Å². The molecule has 0 radical (unpaired) electrons. The Morgan fingerprint density at radius 3 is 3.05 bits per heavy atom. The summed E-state index contributed by atoms with van der Waals surface area (Å²) in [6.45, 7) is 4.98. The van der Waals surface area contributed by atoms with Crippen molar-refractivity contribution >= 4 is 11.6 Å². The van der Waals surface area contributed by atoms with Crippen molar-refractivity contribution in [2.75, 3.05) is 25.1 Å². The third kappa shape index (κ3) is 3.26. The first-order valence-corrected chi connectivity index (χ1v) is 6.94. The van der Waals surface area contributed by atoms with Crippen molar-refractivity contribution in [3.05, 3.63) is 29.6 Å². The summed E-state index contributed by atoms with van der Waals surface area (Å²) in [4.78, 5) is 14.5. The Balaban J connectivity index is 2.07. The number of nitrogen functional groups attached to an aromatic ring is 1. The fourth-order valence-electron chi connectivity index (χ4n) is 2.58. The number of nitrogens with two attached hydrogens (primary N) is 1. The lowest BCUT2D eigenvalue weighted by Crippen LogP contribution is -2.47. The normalized spacial score (nSPS) is 19.6. The highest BCUT2D eigenvalue weighted by Gasteiger charge is 2.22. The van der Waals surface area contributed by atoms with E-state index in [4.69, 9.17) is 5.84 Å². The van der Waals surface area contributed by atoms with Crippen molar-refractivity contribution in [1.29, 1.82) is 0 Å². The number of halogens is 1. The number of hydrazine groups is 1. The van der Waals surface area contributed by atoms with E-state index in [0.29, 0.717) is 0 Å². The Kier molecular flexibility index (Phi) is 4.92. The molecule has 2 rings (SSSR count). The van der Waals surface area contributed by atoms with E-state index in [0.717, 1.165) is 32.5 Å². The zero-order valence-corrected chi connectivity index (χ0v) is 11.7. The van der Waals surface area contributed by atoms with Gasteiger partial charge in [-0.15, -0.1) is 0 Å². The van der Waals surface area contributed by atoms with Crippen LogP contribution in [0, 0.1) is 5.82 Å². The molecule has 0 aliphatic carbocycles. The zero-order valence-electron chi connectivity index (χ0n) is 11.7. The smallest absolute Gasteiger partial charge is 0.253 e. The number of benzene rings is 1. The second-order valence-electron chi connectivity index (χ2n) is 5.01. The van der Waals surface area contributed by atoms with Crippen LogP contribution in [0.5, 0.6) is 0 Å². The van der Waals surface area contributed by atoms with Crippen molar-refractivity contribution < 1.29 is 9.18 Å². The van der Waals surface area contributed by atoms with Crippen LogP contribution < -0.4 is 16.6 Å². The van der Waals surface area contributed by atoms with Gasteiger partial charge in [0.1, 0.15) is 5.82 Å². The number of likely N-dealkylation sites (tertiary alicyclic amines) is 1. The summed E-state index contributed by atoms with van der Waals surface area (Å²) in [5.41, 5.74) is 2.53. The number of likely N-dealkylation sites (N-methyl/N-ethyl adjacent to an activating group) is 1. The molecule has 1 saturated heterocycles. The Bertz CT molecular complexity index is 480. The quantitative estimate of drug-likeness (QED) is 0.575. The predicted octanol–water partition coefficient (Wildman–Crippen LogP) is 1.33. The second kappa shape index (κ2) is 6.67. The third-order valence-corrected chi connectivity index (χ3v) is 3.69. The molecule has 6 heteroatoms. The van der Waals surface area contributed by atoms with Gasteiger partial charge in [-0.25, -0.2) is 4.39 Å². The van der Waals surface area contributed by atoms with E-state index in [2.05, 4.69) is 22.6 Å². The topological polar surface area (TPSA) is 70.4 Å². The lowest BCUT2D eigenvalue weighted by atomic mass is 10.0. The number of para-hydroxylation sites is 1. The van der Waals surface area contributed by atoms with Crippen LogP contribution >= 0.6 is 0 Å². The summed E-state index contributed by atoms with van der Waals surface area (Å²) in [5.74, 6) is 4.47. The molecule has 110 valence electrons. The number of piperidine rings is 1. The second-order valence-corrected chi connectivity index (χ2v) is 5.01. The summed E-state index contributed by atoms with van der Waals surface area (Å²) in [6, 6.07) is 4.44. The van der Waals surface area contributed by atoms with Gasteiger partial charge in [0.15, 0.2) is 0 Å². The summed E-state index contributed by atoms with van der Waals surface area (Å²) in [7, 11) is 0. The highest BCUT2D eigenvalue weighted by Crippen LogP contribution is 2.19. The Hall–Kier alpha value is -1.66. The van der Waals surface area contributed by atoms with Crippen LogP contribution in [-0.2, 0) is 0 Å². The molecule has 1 aromatic carbocycles. The molecule has 0 spiro atoms. The Labute approximate surface area is 118 Å². The summed E-state index contributed by atoms with van der Waals surface area (Å²) in [6.07, 6.45) is 2.01. The van der Waals surface area contributed by atoms with Crippen molar-refractivity contribution in [3.8, 4) is 0 Å². The molecule has 1 fully saturated rings. The van der Waals surface area contributed by atoms with Crippen molar-refractivity contribution in [2.24, 2.45) is 5.84 Å². The maximum absolute atomic E-state index is 13.6. The molecule has 1 aliphatic heterocycles. The number of nitrogens with one attached hydrogen (secondary N) is 2. The number of hydrogen-bond donors (Lipinski definition) is 3. The Morgan fingerprint density at radius 1 is 1.55 bits per heavy atom. The number of anilines is 1. The van der Waals surface area contributed by atoms with E-state index in [9.17, 15) is 9.18 Å². The van der Waals surface area contributed by atoms with Crippen LogP contribution in [0.25, 0.3) is 0 Å². The number of hydrogen-bond acceptors (Lipinski definition) is 4. The van der Waals surface area contributed by atoms with E-state index in [1.807, 2.05) is 0 Å². The van der Waals surface area contributed by atoms with Crippen molar-refractivity contribution in [3.63, 3.8) is 0 Å². The minimum Gasteiger partial charge on any atom is -0.348 e. The molecule has 0 bridgehead atoms. The van der Waals surface area contributed by atoms with Gasteiger partial charge < -0.3 is 15.6 Å². The van der Waals surface area contributed by atoms with Gasteiger partial charge in [-0.3, -0.25) is 10.6 Å². The SMILES string of the molecule is CCN1CCCC(NC(=O)c2cccc(F)c2NN)C1. The average Bonchev–Trinajstić information content (AvgIpc) is 2.47. The standard InChI is InChI=1S/C14H21FN4O/c1-2-19-8-4-5-10(9-19)17-14(20)11-6-3-7-12(15)13(11)18-16/h3,6-7,10,18H,2,4-5,8-9,16H2,1H3,(H,17,20). The molecular weight excluding hydrogens is 259 g/mol. The predicted molar refractivity (Wildman–Crippen MR) is 76.8 cm³/mol. The fourth-order valence-corrected chi connectivity index (χ4v) is 2.58. The first-order chi connectivity index (χ1) is 9.65. The molecule has 1 heterocycles. The minimum atomic E-state index is -0.529. The lowest BCUT2D eigenvalue weighted by molar-refractivity contribution is 0.0906. The van der Waals surface area contributed by atoms with Gasteiger partial charge in [-0.2, -0.15) is 0 Å². The van der Waals surface area contributed by atoms with Gasteiger partial charge in [0.2, 0.25) is 0 Å². The molecule has 1 aliphatic rings. The van der Waals surface area contributed by atoms with E-state index in [-0.39, 0.29) is 23.2 Å². The first kappa shape index (κ1) is 14.7. The molecule has 4 N–H and O–H groups in total. The number of carbonyl (C=O) groups is 1. The van der Waals surface area contributed by atoms with Gasteiger partial charge in [-0.1, -0.05) is 13.0 Å². The van der Waals surface area contributed by atoms with Gasteiger partial charge in [-0.05, 0) is 38.1 Å². The molecule has 5 nitrogen and oxygen atoms in total. The molecule has 1 atom stereocenters. The van der Waals surface area contributed by atoms with Crippen LogP contribution in [-0.4, -0.2) is 36.5 Å². The molecule has 0 saturated carbocycles. The molecule has 1 amide bonds. The summed E-state index contributed by atoms with van der Waals surface area (Å²) < 4.78 is 13.6. The number of amides is 1. The highest BCUT2D eigenvalue weighted by atomic mass is 19.1. The average molecular weight is 280 g/mol. The summed E-state index contributed by atoms with van der Waals surface area (Å²) in [5, 5.41) is 2.96. The molecule has 1 aromatic rings. The van der Waals surface area contributed by atoms with E-state index in [1.54, 1.807) is 6.07 Å². The van der Waals surface area contributed by atoms with E-state index in [1.165, 1.54) is 12.1 Å². The number of rotatable bonds is 4. The monoisotopic (exact) mass is 280 g/mol. The van der Waals surface area contributed by atoms with Crippen LogP contribution in [0.15, 0.2) is 18.2 Å². The number of nitrogens with zero attached hydrogens (tertiary/aromatic N) is 1. The number of carbonyl (C=O) groups excluding carboxylic acids is 1. The van der Waals surface area contributed by atoms with Gasteiger partial charge in [0.05, 0.1) is 11.3 Å². The summed E-state index contributed by atoms with van der Waals surface area (Å²) >= 11 is 0. The highest BCUT2D eigenvalue weighted by molar-refractivity contribution is 5.99.